The number of rotatable bonds is 12. The largest absolute Gasteiger partial charge is 0.466 e. The minimum atomic E-state index is -0.274. The number of hydrogen-bond donors (Lipinski definition) is 1. The third kappa shape index (κ3) is 5.62. The lowest BCUT2D eigenvalue weighted by Gasteiger charge is -2.37. The molecular formula is C32H40O3. The number of unbranched alkanes of at least 4 members (excludes halogenated alkanes) is 5. The molecule has 2 aliphatic rings. The van der Waals surface area contributed by atoms with Gasteiger partial charge in [-0.3, -0.25) is 4.79 Å². The van der Waals surface area contributed by atoms with Crippen molar-refractivity contribution in [2.45, 2.75) is 77.2 Å². The van der Waals surface area contributed by atoms with Crippen molar-refractivity contribution in [3.63, 3.8) is 0 Å². The molecule has 1 fully saturated rings. The highest BCUT2D eigenvalue weighted by Gasteiger charge is 2.56. The SMILES string of the molecule is C=C(c1ccccc1)C12CCC(O)C1CC(CCCCCCCCOC(C)=O)=C2c1ccccc1. The van der Waals surface area contributed by atoms with E-state index < -0.39 is 0 Å². The van der Waals surface area contributed by atoms with Gasteiger partial charge in [0.05, 0.1) is 12.7 Å². The first-order valence-electron chi connectivity index (χ1n) is 13.4. The molecule has 0 bridgehead atoms. The van der Waals surface area contributed by atoms with Crippen LogP contribution in [0.3, 0.4) is 0 Å². The number of carbonyl (C=O) groups is 1. The van der Waals surface area contributed by atoms with Gasteiger partial charge in [0.2, 0.25) is 0 Å². The predicted molar refractivity (Wildman–Crippen MR) is 144 cm³/mol. The molecule has 3 unspecified atom stereocenters. The molecule has 0 saturated heterocycles. The summed E-state index contributed by atoms with van der Waals surface area (Å²) in [5, 5.41) is 11.1. The second-order valence-corrected chi connectivity index (χ2v) is 10.3. The normalized spacial score (nSPS) is 23.4. The van der Waals surface area contributed by atoms with Gasteiger partial charge in [-0.15, -0.1) is 0 Å². The van der Waals surface area contributed by atoms with Crippen molar-refractivity contribution in [1.29, 1.82) is 0 Å². The van der Waals surface area contributed by atoms with E-state index in [9.17, 15) is 9.90 Å². The average Bonchev–Trinajstić information content (AvgIpc) is 3.38. The Kier molecular flexibility index (Phi) is 8.62. The Labute approximate surface area is 210 Å². The highest BCUT2D eigenvalue weighted by molar-refractivity contribution is 5.90. The number of hydrogen-bond acceptors (Lipinski definition) is 3. The maximum atomic E-state index is 11.1. The molecule has 1 saturated carbocycles. The van der Waals surface area contributed by atoms with Crippen LogP contribution in [0.25, 0.3) is 11.1 Å². The van der Waals surface area contributed by atoms with Crippen molar-refractivity contribution >= 4 is 17.1 Å². The van der Waals surface area contributed by atoms with Crippen molar-refractivity contribution in [2.75, 3.05) is 6.61 Å². The van der Waals surface area contributed by atoms with Gasteiger partial charge in [0.15, 0.2) is 0 Å². The standard InChI is InChI=1S/C32H40O3/c1-24(26-15-10-7-11-16-26)32-21-20-30(34)29(32)23-28(31(32)27-17-12-8-13-18-27)19-9-5-3-4-6-14-22-35-25(2)33/h7-8,10-13,15-18,29-30,34H,1,3-6,9,14,19-23H2,2H3. The van der Waals surface area contributed by atoms with Crippen LogP contribution in [0.5, 0.6) is 0 Å². The predicted octanol–water partition coefficient (Wildman–Crippen LogP) is 7.61. The van der Waals surface area contributed by atoms with E-state index in [1.54, 1.807) is 0 Å². The van der Waals surface area contributed by atoms with Crippen LogP contribution in [0.4, 0.5) is 0 Å². The molecular weight excluding hydrogens is 432 g/mol. The lowest BCUT2D eigenvalue weighted by atomic mass is 9.66. The number of aliphatic hydroxyl groups is 1. The molecule has 3 heteroatoms. The first kappa shape index (κ1) is 25.4. The molecule has 0 aliphatic heterocycles. The van der Waals surface area contributed by atoms with E-state index in [-0.39, 0.29) is 23.4 Å². The molecule has 35 heavy (non-hydrogen) atoms. The number of esters is 1. The molecule has 2 aromatic carbocycles. The zero-order valence-corrected chi connectivity index (χ0v) is 21.2. The Hall–Kier alpha value is -2.65. The van der Waals surface area contributed by atoms with Gasteiger partial charge in [0.1, 0.15) is 0 Å². The van der Waals surface area contributed by atoms with Gasteiger partial charge in [-0.2, -0.15) is 0 Å². The van der Waals surface area contributed by atoms with Crippen LogP contribution in [0.2, 0.25) is 0 Å². The molecule has 3 nitrogen and oxygen atoms in total. The summed E-state index contributed by atoms with van der Waals surface area (Å²) < 4.78 is 5.02. The van der Waals surface area contributed by atoms with E-state index in [4.69, 9.17) is 4.74 Å². The summed E-state index contributed by atoms with van der Waals surface area (Å²) in [5.41, 5.74) is 6.42. The van der Waals surface area contributed by atoms with Crippen LogP contribution in [-0.2, 0) is 9.53 Å². The summed E-state index contributed by atoms with van der Waals surface area (Å²) in [7, 11) is 0. The molecule has 0 heterocycles. The fraction of sp³-hybridized carbons (Fsp3) is 0.469. The van der Waals surface area contributed by atoms with E-state index in [2.05, 4.69) is 67.2 Å². The highest BCUT2D eigenvalue weighted by Crippen LogP contribution is 2.66. The zero-order chi connectivity index (χ0) is 24.7. The Balaban J connectivity index is 1.50. The van der Waals surface area contributed by atoms with E-state index in [1.807, 2.05) is 0 Å². The van der Waals surface area contributed by atoms with E-state index in [0.717, 1.165) is 38.5 Å². The van der Waals surface area contributed by atoms with Gasteiger partial charge in [0, 0.05) is 18.3 Å². The van der Waals surface area contributed by atoms with Gasteiger partial charge in [-0.1, -0.05) is 98.5 Å². The van der Waals surface area contributed by atoms with Crippen molar-refractivity contribution in [2.24, 2.45) is 11.3 Å². The third-order valence-electron chi connectivity index (χ3n) is 8.10. The first-order valence-corrected chi connectivity index (χ1v) is 13.4. The van der Waals surface area contributed by atoms with Gasteiger partial charge in [0.25, 0.3) is 0 Å². The minimum absolute atomic E-state index is 0.186. The van der Waals surface area contributed by atoms with E-state index >= 15 is 0 Å². The van der Waals surface area contributed by atoms with Crippen LogP contribution in [0, 0.1) is 11.3 Å². The molecule has 2 aromatic rings. The summed E-state index contributed by atoms with van der Waals surface area (Å²) in [6.45, 7) is 6.67. The summed E-state index contributed by atoms with van der Waals surface area (Å²) in [6, 6.07) is 21.4. The lowest BCUT2D eigenvalue weighted by molar-refractivity contribution is -0.141. The monoisotopic (exact) mass is 472 g/mol. The van der Waals surface area contributed by atoms with Crippen LogP contribution in [0.1, 0.15) is 82.3 Å². The molecule has 0 spiro atoms. The Morgan fingerprint density at radius 3 is 2.29 bits per heavy atom. The Morgan fingerprint density at radius 2 is 1.60 bits per heavy atom. The Bertz CT molecular complexity index is 1020. The van der Waals surface area contributed by atoms with E-state index in [1.165, 1.54) is 60.5 Å². The summed E-state index contributed by atoms with van der Waals surface area (Å²) in [6.07, 6.45) is 10.4. The molecule has 2 aliphatic carbocycles. The van der Waals surface area contributed by atoms with Crippen molar-refractivity contribution in [3.8, 4) is 0 Å². The maximum absolute atomic E-state index is 11.1. The summed E-state index contributed by atoms with van der Waals surface area (Å²) in [5.74, 6) is 0.0216. The molecule has 0 aromatic heterocycles. The van der Waals surface area contributed by atoms with Crippen molar-refractivity contribution in [3.05, 3.63) is 83.9 Å². The van der Waals surface area contributed by atoms with Crippen LogP contribution >= 0.6 is 0 Å². The first-order chi connectivity index (χ1) is 17.0. The highest BCUT2D eigenvalue weighted by atomic mass is 16.5. The number of benzene rings is 2. The van der Waals surface area contributed by atoms with Gasteiger partial charge in [-0.05, 0) is 60.8 Å². The van der Waals surface area contributed by atoms with E-state index in [0.29, 0.717) is 6.61 Å². The van der Waals surface area contributed by atoms with Crippen LogP contribution < -0.4 is 0 Å². The summed E-state index contributed by atoms with van der Waals surface area (Å²) in [4.78, 5) is 10.9. The van der Waals surface area contributed by atoms with Crippen molar-refractivity contribution < 1.29 is 14.6 Å². The van der Waals surface area contributed by atoms with Gasteiger partial charge in [-0.25, -0.2) is 0 Å². The average molecular weight is 473 g/mol. The van der Waals surface area contributed by atoms with Crippen LogP contribution in [0.15, 0.2) is 72.8 Å². The molecule has 0 radical (unpaired) electrons. The number of carbonyl (C=O) groups excluding carboxylic acids is 1. The fourth-order valence-electron chi connectivity index (χ4n) is 6.47. The second-order valence-electron chi connectivity index (χ2n) is 10.3. The number of ether oxygens (including phenoxy) is 1. The lowest BCUT2D eigenvalue weighted by Crippen LogP contribution is -2.29. The molecule has 0 amide bonds. The van der Waals surface area contributed by atoms with Gasteiger partial charge >= 0.3 is 5.97 Å². The smallest absolute Gasteiger partial charge is 0.302 e. The molecule has 1 N–H and O–H groups in total. The second kappa shape index (κ2) is 11.9. The zero-order valence-electron chi connectivity index (χ0n) is 21.2. The maximum Gasteiger partial charge on any atom is 0.302 e. The van der Waals surface area contributed by atoms with Crippen LogP contribution in [-0.4, -0.2) is 23.8 Å². The number of aliphatic hydroxyl groups excluding tert-OH is 1. The molecule has 4 rings (SSSR count). The van der Waals surface area contributed by atoms with Gasteiger partial charge < -0.3 is 9.84 Å². The molecule has 186 valence electrons. The third-order valence-corrected chi connectivity index (χ3v) is 8.10. The Morgan fingerprint density at radius 1 is 0.971 bits per heavy atom. The fourth-order valence-corrected chi connectivity index (χ4v) is 6.47. The minimum Gasteiger partial charge on any atom is -0.466 e. The topological polar surface area (TPSA) is 46.5 Å². The molecule has 3 atom stereocenters. The number of fused-ring (bicyclic) bond motifs is 1. The number of allylic oxidation sites excluding steroid dienone is 3. The van der Waals surface area contributed by atoms with Crippen molar-refractivity contribution in [1.82, 2.24) is 0 Å². The summed E-state index contributed by atoms with van der Waals surface area (Å²) >= 11 is 0. The quantitative estimate of drug-likeness (QED) is 0.255.